The molecule has 0 aromatic heterocycles. The molecule has 2 unspecified atom stereocenters. The van der Waals surface area contributed by atoms with Gasteiger partial charge in [-0.25, -0.2) is 0 Å². The van der Waals surface area contributed by atoms with Gasteiger partial charge in [-0.15, -0.1) is 0 Å². The minimum Gasteiger partial charge on any atom is -0.480 e. The summed E-state index contributed by atoms with van der Waals surface area (Å²) in [6, 6.07) is -0.374. The lowest BCUT2D eigenvalue weighted by Crippen LogP contribution is -2.39. The lowest BCUT2D eigenvalue weighted by Gasteiger charge is -2.16. The molecule has 0 aliphatic carbocycles. The van der Waals surface area contributed by atoms with Gasteiger partial charge in [0.25, 0.3) is 0 Å². The van der Waals surface area contributed by atoms with E-state index in [0.29, 0.717) is 12.3 Å². The molecule has 2 N–H and O–H groups in total. The number of rotatable bonds is 5. The Kier molecular flexibility index (Phi) is 4.35. The van der Waals surface area contributed by atoms with Crippen molar-refractivity contribution in [2.24, 2.45) is 5.92 Å². The van der Waals surface area contributed by atoms with Gasteiger partial charge in [0.1, 0.15) is 6.04 Å². The third-order valence-corrected chi connectivity index (χ3v) is 2.85. The van der Waals surface area contributed by atoms with E-state index >= 15 is 0 Å². The summed E-state index contributed by atoms with van der Waals surface area (Å²) < 4.78 is 0. The van der Waals surface area contributed by atoms with Crippen molar-refractivity contribution in [3.8, 4) is 0 Å². The molecule has 0 aromatic rings. The van der Waals surface area contributed by atoms with Crippen molar-refractivity contribution in [2.45, 2.75) is 25.8 Å². The van der Waals surface area contributed by atoms with E-state index in [1.165, 1.54) is 6.42 Å². The Hall–Kier alpha value is -0.610. The summed E-state index contributed by atoms with van der Waals surface area (Å²) in [4.78, 5) is 13.0. The third kappa shape index (κ3) is 3.27. The molecule has 4 nitrogen and oxygen atoms in total. The van der Waals surface area contributed by atoms with Crippen LogP contribution in [0.4, 0.5) is 0 Å². The van der Waals surface area contributed by atoms with Crippen LogP contribution < -0.4 is 5.32 Å². The molecule has 1 heterocycles. The summed E-state index contributed by atoms with van der Waals surface area (Å²) in [5, 5.41) is 11.9. The average Bonchev–Trinajstić information content (AvgIpc) is 2.52. The summed E-state index contributed by atoms with van der Waals surface area (Å²) in [6.07, 6.45) is 1.83. The Balaban J connectivity index is 2.22. The maximum absolute atomic E-state index is 10.7. The second kappa shape index (κ2) is 5.32. The molecule has 0 bridgehead atoms. The van der Waals surface area contributed by atoms with Crippen LogP contribution in [0.2, 0.25) is 0 Å². The zero-order valence-corrected chi connectivity index (χ0v) is 8.99. The molecule has 0 spiro atoms. The third-order valence-electron chi connectivity index (χ3n) is 2.85. The van der Waals surface area contributed by atoms with Crippen molar-refractivity contribution in [2.75, 3.05) is 26.7 Å². The molecule has 0 aromatic carbocycles. The summed E-state index contributed by atoms with van der Waals surface area (Å²) in [5.74, 6) is -0.118. The first-order valence-corrected chi connectivity index (χ1v) is 5.28. The van der Waals surface area contributed by atoms with Crippen molar-refractivity contribution in [3.05, 3.63) is 0 Å². The van der Waals surface area contributed by atoms with Crippen LogP contribution in [0.1, 0.15) is 19.8 Å². The van der Waals surface area contributed by atoms with Crippen LogP contribution in [0.25, 0.3) is 0 Å². The minimum absolute atomic E-state index is 0.374. The van der Waals surface area contributed by atoms with E-state index in [1.807, 2.05) is 6.92 Å². The number of carboxylic acids is 1. The molecule has 2 atom stereocenters. The minimum atomic E-state index is -0.737. The molecule has 14 heavy (non-hydrogen) atoms. The summed E-state index contributed by atoms with van der Waals surface area (Å²) in [6.45, 7) is 4.95. The first kappa shape index (κ1) is 11.5. The van der Waals surface area contributed by atoms with Crippen LogP contribution in [0.15, 0.2) is 0 Å². The van der Waals surface area contributed by atoms with Gasteiger partial charge in [-0.1, -0.05) is 6.92 Å². The lowest BCUT2D eigenvalue weighted by molar-refractivity contribution is -0.139. The largest absolute Gasteiger partial charge is 0.480 e. The van der Waals surface area contributed by atoms with Crippen molar-refractivity contribution in [3.63, 3.8) is 0 Å². The van der Waals surface area contributed by atoms with Gasteiger partial charge in [-0.05, 0) is 32.4 Å². The predicted molar refractivity (Wildman–Crippen MR) is 55.3 cm³/mol. The molecule has 1 aliphatic heterocycles. The number of hydrogen-bond acceptors (Lipinski definition) is 3. The number of nitrogens with one attached hydrogen (secondary N) is 1. The monoisotopic (exact) mass is 200 g/mol. The fourth-order valence-electron chi connectivity index (χ4n) is 1.91. The lowest BCUT2D eigenvalue weighted by atomic mass is 10.1. The topological polar surface area (TPSA) is 52.6 Å². The van der Waals surface area contributed by atoms with Gasteiger partial charge in [0.15, 0.2) is 0 Å². The standard InChI is InChI=1S/C10H20N2O2/c1-3-9(10(13)14)11-6-8-4-5-12(2)7-8/h8-9,11H,3-7H2,1-2H3,(H,13,14). The normalized spacial score (nSPS) is 25.1. The van der Waals surface area contributed by atoms with Gasteiger partial charge in [0.2, 0.25) is 0 Å². The molecule has 1 rings (SSSR count). The molecule has 1 fully saturated rings. The number of aliphatic carboxylic acids is 1. The first-order chi connectivity index (χ1) is 6.63. The highest BCUT2D eigenvalue weighted by Crippen LogP contribution is 2.13. The van der Waals surface area contributed by atoms with Gasteiger partial charge in [-0.2, -0.15) is 0 Å². The zero-order valence-electron chi connectivity index (χ0n) is 8.99. The van der Waals surface area contributed by atoms with E-state index in [1.54, 1.807) is 0 Å². The molecule has 4 heteroatoms. The fraction of sp³-hybridized carbons (Fsp3) is 0.900. The molecule has 1 saturated heterocycles. The maximum Gasteiger partial charge on any atom is 0.320 e. The van der Waals surface area contributed by atoms with Gasteiger partial charge in [-0.3, -0.25) is 4.79 Å². The number of nitrogens with zero attached hydrogens (tertiary/aromatic N) is 1. The number of carbonyl (C=O) groups is 1. The molecular weight excluding hydrogens is 180 g/mol. The number of hydrogen-bond donors (Lipinski definition) is 2. The maximum atomic E-state index is 10.7. The highest BCUT2D eigenvalue weighted by molar-refractivity contribution is 5.73. The molecular formula is C10H20N2O2. The molecule has 82 valence electrons. The number of carboxylic acid groups (broad SMARTS) is 1. The van der Waals surface area contributed by atoms with E-state index in [2.05, 4.69) is 17.3 Å². The Morgan fingerprint density at radius 2 is 2.43 bits per heavy atom. The Morgan fingerprint density at radius 1 is 1.71 bits per heavy atom. The fourth-order valence-corrected chi connectivity index (χ4v) is 1.91. The summed E-state index contributed by atoms with van der Waals surface area (Å²) >= 11 is 0. The van der Waals surface area contributed by atoms with Crippen molar-refractivity contribution >= 4 is 5.97 Å². The van der Waals surface area contributed by atoms with E-state index in [0.717, 1.165) is 19.6 Å². The smallest absolute Gasteiger partial charge is 0.320 e. The molecule has 0 radical (unpaired) electrons. The van der Waals surface area contributed by atoms with Crippen molar-refractivity contribution < 1.29 is 9.90 Å². The quantitative estimate of drug-likeness (QED) is 0.674. The molecule has 1 aliphatic rings. The van der Waals surface area contributed by atoms with E-state index in [9.17, 15) is 4.79 Å². The molecule has 0 saturated carbocycles. The van der Waals surface area contributed by atoms with Crippen molar-refractivity contribution in [1.82, 2.24) is 10.2 Å². The van der Waals surface area contributed by atoms with Crippen LogP contribution in [0, 0.1) is 5.92 Å². The van der Waals surface area contributed by atoms with E-state index < -0.39 is 5.97 Å². The van der Waals surface area contributed by atoms with Crippen LogP contribution in [0.5, 0.6) is 0 Å². The highest BCUT2D eigenvalue weighted by atomic mass is 16.4. The Labute approximate surface area is 85.3 Å². The molecule has 0 amide bonds. The van der Waals surface area contributed by atoms with Crippen LogP contribution in [0.3, 0.4) is 0 Å². The Morgan fingerprint density at radius 3 is 2.86 bits per heavy atom. The second-order valence-corrected chi connectivity index (χ2v) is 4.12. The van der Waals surface area contributed by atoms with E-state index in [-0.39, 0.29) is 6.04 Å². The van der Waals surface area contributed by atoms with Crippen LogP contribution in [-0.2, 0) is 4.79 Å². The van der Waals surface area contributed by atoms with Crippen LogP contribution >= 0.6 is 0 Å². The Bertz CT molecular complexity index is 197. The van der Waals surface area contributed by atoms with Crippen molar-refractivity contribution in [1.29, 1.82) is 0 Å². The van der Waals surface area contributed by atoms with Gasteiger partial charge in [0.05, 0.1) is 0 Å². The van der Waals surface area contributed by atoms with Crippen LogP contribution in [-0.4, -0.2) is 48.7 Å². The SMILES string of the molecule is CCC(NCC1CCN(C)C1)C(=O)O. The van der Waals surface area contributed by atoms with Gasteiger partial charge in [0, 0.05) is 13.1 Å². The summed E-state index contributed by atoms with van der Waals surface area (Å²) in [7, 11) is 2.11. The average molecular weight is 200 g/mol. The van der Waals surface area contributed by atoms with E-state index in [4.69, 9.17) is 5.11 Å². The first-order valence-electron chi connectivity index (χ1n) is 5.28. The summed E-state index contributed by atoms with van der Waals surface area (Å²) in [5.41, 5.74) is 0. The van der Waals surface area contributed by atoms with Gasteiger partial charge >= 0.3 is 5.97 Å². The predicted octanol–water partition coefficient (Wildman–Crippen LogP) is 0.391. The number of likely N-dealkylation sites (tertiary alicyclic amines) is 1. The van der Waals surface area contributed by atoms with Gasteiger partial charge < -0.3 is 15.3 Å². The zero-order chi connectivity index (χ0) is 10.6. The second-order valence-electron chi connectivity index (χ2n) is 4.12. The highest BCUT2D eigenvalue weighted by Gasteiger charge is 2.21.